The largest absolute Gasteiger partial charge is 0.573 e. The van der Waals surface area contributed by atoms with E-state index >= 15 is 0 Å². The number of hydrogen-bond donors (Lipinski definition) is 0. The Morgan fingerprint density at radius 1 is 0.857 bits per heavy atom. The highest BCUT2D eigenvalue weighted by Gasteiger charge is 2.31. The average molecular weight is 404 g/mol. The van der Waals surface area contributed by atoms with E-state index in [0.717, 1.165) is 38.9 Å². The van der Waals surface area contributed by atoms with Crippen LogP contribution >= 0.6 is 0 Å². The summed E-state index contributed by atoms with van der Waals surface area (Å²) in [7, 11) is 0. The number of alkyl halides is 3. The van der Waals surface area contributed by atoms with Crippen LogP contribution in [0.2, 0.25) is 0 Å². The summed E-state index contributed by atoms with van der Waals surface area (Å²) in [6.45, 7) is 4.72. The lowest BCUT2D eigenvalue weighted by Gasteiger charge is -2.32. The Kier molecular flexibility index (Phi) is 7.56. The van der Waals surface area contributed by atoms with E-state index < -0.39 is 12.7 Å². The topological polar surface area (TPSA) is 46.2 Å². The van der Waals surface area contributed by atoms with Crippen LogP contribution in [0.1, 0.15) is 44.5 Å². The summed E-state index contributed by atoms with van der Waals surface area (Å²) in [5, 5.41) is 0. The second-order valence-electron chi connectivity index (χ2n) is 7.31. The lowest BCUT2D eigenvalue weighted by atomic mass is 10.0. The molecule has 2 fully saturated rings. The first-order chi connectivity index (χ1) is 13.4. The Morgan fingerprint density at radius 3 is 2.00 bits per heavy atom. The quantitative estimate of drug-likeness (QED) is 0.652. The Bertz CT molecular complexity index is 576. The molecule has 2 aliphatic rings. The molecule has 2 saturated heterocycles. The summed E-state index contributed by atoms with van der Waals surface area (Å²) in [5.41, 5.74) is 0.661. The van der Waals surface area contributed by atoms with Crippen molar-refractivity contribution in [3.05, 3.63) is 29.8 Å². The van der Waals surface area contributed by atoms with Gasteiger partial charge >= 0.3 is 6.36 Å². The zero-order valence-electron chi connectivity index (χ0n) is 16.0. The monoisotopic (exact) mass is 404 g/mol. The van der Waals surface area contributed by atoms with Crippen molar-refractivity contribution < 1.29 is 36.9 Å². The molecule has 0 amide bonds. The first-order valence-corrected chi connectivity index (χ1v) is 9.75. The van der Waals surface area contributed by atoms with Crippen LogP contribution in [-0.2, 0) is 18.9 Å². The van der Waals surface area contributed by atoms with Crippen LogP contribution in [0.15, 0.2) is 24.3 Å². The number of halogens is 3. The van der Waals surface area contributed by atoms with Crippen molar-refractivity contribution in [2.75, 3.05) is 26.4 Å². The van der Waals surface area contributed by atoms with Gasteiger partial charge in [-0.05, 0) is 31.4 Å². The maximum atomic E-state index is 12.2. The Labute approximate surface area is 163 Å². The van der Waals surface area contributed by atoms with Crippen molar-refractivity contribution in [3.63, 3.8) is 0 Å². The van der Waals surface area contributed by atoms with Crippen LogP contribution < -0.4 is 4.74 Å². The van der Waals surface area contributed by atoms with Gasteiger partial charge in [0.05, 0.1) is 26.4 Å². The van der Waals surface area contributed by atoms with E-state index in [0.29, 0.717) is 24.7 Å². The van der Waals surface area contributed by atoms with E-state index in [1.807, 2.05) is 0 Å². The smallest absolute Gasteiger partial charge is 0.406 e. The average Bonchev–Trinajstić information content (AvgIpc) is 2.68. The molecule has 1 aromatic rings. The van der Waals surface area contributed by atoms with Crippen LogP contribution in [0.4, 0.5) is 13.2 Å². The van der Waals surface area contributed by atoms with E-state index in [1.165, 1.54) is 24.3 Å². The fourth-order valence-electron chi connectivity index (χ4n) is 3.43. The molecule has 3 rings (SSSR count). The highest BCUT2D eigenvalue weighted by atomic mass is 19.4. The molecule has 2 aliphatic heterocycles. The minimum atomic E-state index is -4.70. The highest BCUT2D eigenvalue weighted by Crippen LogP contribution is 2.30. The maximum Gasteiger partial charge on any atom is 0.573 e. The summed E-state index contributed by atoms with van der Waals surface area (Å²) in [6.07, 6.45) is -1.51. The minimum absolute atomic E-state index is 0.160. The van der Waals surface area contributed by atoms with Crippen molar-refractivity contribution in [1.82, 2.24) is 0 Å². The SMILES string of the molecule is CCCC1COC(CCC2COC(c3ccc(OC(F)(F)F)cc3)OC2)OC1. The molecule has 0 aromatic heterocycles. The molecule has 0 spiro atoms. The number of ether oxygens (including phenoxy) is 5. The van der Waals surface area contributed by atoms with Gasteiger partial charge in [0.25, 0.3) is 0 Å². The van der Waals surface area contributed by atoms with Gasteiger partial charge < -0.3 is 23.7 Å². The van der Waals surface area contributed by atoms with E-state index in [9.17, 15) is 13.2 Å². The van der Waals surface area contributed by atoms with E-state index in [4.69, 9.17) is 18.9 Å². The zero-order valence-corrected chi connectivity index (χ0v) is 16.0. The Hall–Kier alpha value is -1.35. The van der Waals surface area contributed by atoms with Crippen LogP contribution in [0.3, 0.4) is 0 Å². The van der Waals surface area contributed by atoms with Crippen molar-refractivity contribution in [2.24, 2.45) is 11.8 Å². The minimum Gasteiger partial charge on any atom is -0.406 e. The van der Waals surface area contributed by atoms with Gasteiger partial charge in [0.15, 0.2) is 12.6 Å². The molecular weight excluding hydrogens is 377 g/mol. The number of hydrogen-bond acceptors (Lipinski definition) is 5. The molecule has 0 saturated carbocycles. The molecule has 0 radical (unpaired) electrons. The molecule has 0 bridgehead atoms. The van der Waals surface area contributed by atoms with Crippen LogP contribution in [0.25, 0.3) is 0 Å². The van der Waals surface area contributed by atoms with Gasteiger partial charge in [-0.1, -0.05) is 25.5 Å². The molecule has 0 aliphatic carbocycles. The zero-order chi connectivity index (χ0) is 20.0. The molecule has 0 atom stereocenters. The molecular formula is C20H27F3O5. The van der Waals surface area contributed by atoms with E-state index in [-0.39, 0.29) is 18.0 Å². The summed E-state index contributed by atoms with van der Waals surface area (Å²) in [6, 6.07) is 5.54. The lowest BCUT2D eigenvalue weighted by Crippen LogP contribution is -2.33. The first-order valence-electron chi connectivity index (χ1n) is 9.75. The molecule has 2 heterocycles. The van der Waals surface area contributed by atoms with Crippen LogP contribution in [0.5, 0.6) is 5.75 Å². The van der Waals surface area contributed by atoms with Gasteiger partial charge in [-0.2, -0.15) is 0 Å². The van der Waals surface area contributed by atoms with Gasteiger partial charge in [0.1, 0.15) is 5.75 Å². The number of benzene rings is 1. The molecule has 5 nitrogen and oxygen atoms in total. The molecule has 8 heteroatoms. The lowest BCUT2D eigenvalue weighted by molar-refractivity contribution is -0.274. The third-order valence-corrected chi connectivity index (χ3v) is 4.90. The fourth-order valence-corrected chi connectivity index (χ4v) is 3.43. The molecule has 1 aromatic carbocycles. The summed E-state index contributed by atoms with van der Waals surface area (Å²) in [5.74, 6) is 0.472. The van der Waals surface area contributed by atoms with Crippen molar-refractivity contribution in [3.8, 4) is 5.75 Å². The fraction of sp³-hybridized carbons (Fsp3) is 0.700. The van der Waals surface area contributed by atoms with Crippen LogP contribution in [-0.4, -0.2) is 39.1 Å². The maximum absolute atomic E-state index is 12.2. The highest BCUT2D eigenvalue weighted by molar-refractivity contribution is 5.28. The standard InChI is InChI=1S/C20H27F3O5/c1-2-3-14-10-24-18(25-11-14)9-4-15-12-26-19(27-13-15)16-5-7-17(8-6-16)28-20(21,22)23/h5-8,14-15,18-19H,2-4,9-13H2,1H3. The molecule has 28 heavy (non-hydrogen) atoms. The summed E-state index contributed by atoms with van der Waals surface area (Å²) < 4.78 is 63.5. The third kappa shape index (κ3) is 6.62. The van der Waals surface area contributed by atoms with Gasteiger partial charge in [-0.3, -0.25) is 0 Å². The van der Waals surface area contributed by atoms with Gasteiger partial charge in [-0.15, -0.1) is 13.2 Å². The normalized spacial score (nSPS) is 28.9. The van der Waals surface area contributed by atoms with Gasteiger partial charge in [0.2, 0.25) is 0 Å². The Morgan fingerprint density at radius 2 is 1.43 bits per heavy atom. The summed E-state index contributed by atoms with van der Waals surface area (Å²) >= 11 is 0. The molecule has 0 N–H and O–H groups in total. The predicted molar refractivity (Wildman–Crippen MR) is 94.6 cm³/mol. The third-order valence-electron chi connectivity index (χ3n) is 4.90. The summed E-state index contributed by atoms with van der Waals surface area (Å²) in [4.78, 5) is 0. The van der Waals surface area contributed by atoms with Gasteiger partial charge in [-0.25, -0.2) is 0 Å². The number of rotatable bonds is 7. The Balaban J connectivity index is 1.36. The predicted octanol–water partition coefficient (Wildman–Crippen LogP) is 4.82. The van der Waals surface area contributed by atoms with E-state index in [2.05, 4.69) is 11.7 Å². The van der Waals surface area contributed by atoms with Crippen molar-refractivity contribution >= 4 is 0 Å². The van der Waals surface area contributed by atoms with Gasteiger partial charge in [0, 0.05) is 17.4 Å². The van der Waals surface area contributed by atoms with Crippen molar-refractivity contribution in [2.45, 2.75) is 51.5 Å². The second kappa shape index (κ2) is 9.91. The second-order valence-corrected chi connectivity index (χ2v) is 7.31. The molecule has 158 valence electrons. The van der Waals surface area contributed by atoms with Crippen LogP contribution in [0, 0.1) is 11.8 Å². The first kappa shape index (κ1) is 21.4. The van der Waals surface area contributed by atoms with Crippen molar-refractivity contribution in [1.29, 1.82) is 0 Å². The van der Waals surface area contributed by atoms with E-state index in [1.54, 1.807) is 0 Å². The molecule has 0 unspecified atom stereocenters.